The predicted molar refractivity (Wildman–Crippen MR) is 132 cm³/mol. The molecule has 0 spiro atoms. The number of carbonyl (C=O) groups excluding carboxylic acids is 1. The average molecular weight is 484 g/mol. The van der Waals surface area contributed by atoms with Gasteiger partial charge in [0, 0.05) is 24.6 Å². The zero-order valence-corrected chi connectivity index (χ0v) is 21.6. The second-order valence-corrected chi connectivity index (χ2v) is 11.8. The Hall–Kier alpha value is -2.90. The third kappa shape index (κ3) is 5.07. The van der Waals surface area contributed by atoms with E-state index in [-0.39, 0.29) is 40.0 Å². The summed E-state index contributed by atoms with van der Waals surface area (Å²) in [6.45, 7) is 16.0. The van der Waals surface area contributed by atoms with E-state index in [9.17, 15) is 13.6 Å². The van der Waals surface area contributed by atoms with Crippen molar-refractivity contribution >= 4 is 11.7 Å². The van der Waals surface area contributed by atoms with E-state index in [1.54, 1.807) is 0 Å². The molecule has 0 bridgehead atoms. The van der Waals surface area contributed by atoms with E-state index in [0.717, 1.165) is 17.5 Å². The zero-order valence-electron chi connectivity index (χ0n) is 21.6. The van der Waals surface area contributed by atoms with Gasteiger partial charge in [-0.1, -0.05) is 54.5 Å². The highest BCUT2D eigenvalue weighted by Crippen LogP contribution is 2.35. The third-order valence-electron chi connectivity index (χ3n) is 7.06. The number of likely N-dealkylation sites (tertiary alicyclic amines) is 1. The van der Waals surface area contributed by atoms with Gasteiger partial charge in [-0.15, -0.1) is 0 Å². The zero-order chi connectivity index (χ0) is 25.7. The maximum Gasteiger partial charge on any atom is 0.280 e. The first-order valence-electron chi connectivity index (χ1n) is 12.2. The summed E-state index contributed by atoms with van der Waals surface area (Å²) in [5.74, 6) is 0.147. The molecule has 8 heteroatoms. The molecule has 6 nitrogen and oxygen atoms in total. The highest BCUT2D eigenvalue weighted by Gasteiger charge is 2.34. The Labute approximate surface area is 205 Å². The summed E-state index contributed by atoms with van der Waals surface area (Å²) in [5, 5.41) is 4.23. The van der Waals surface area contributed by atoms with E-state index < -0.39 is 6.43 Å². The van der Waals surface area contributed by atoms with Crippen LogP contribution in [0.4, 0.5) is 8.78 Å². The molecule has 1 saturated heterocycles. The maximum atomic E-state index is 13.8. The topological polar surface area (TPSA) is 63.4 Å². The normalized spacial score (nSPS) is 19.5. The van der Waals surface area contributed by atoms with Gasteiger partial charge in [-0.3, -0.25) is 4.79 Å². The minimum absolute atomic E-state index is 0.0310. The van der Waals surface area contributed by atoms with Gasteiger partial charge in [0.05, 0.1) is 5.69 Å². The number of alkyl halides is 2. The van der Waals surface area contributed by atoms with Gasteiger partial charge in [-0.2, -0.15) is 10.1 Å². The SMILES string of the molecule is C[C@@H]1CCN(C(=O)c2cc(C(C)(C)C)cc(C(C)(C)C)c2)C[C@H]1c1cc(C(F)F)nc2ncnn12. The van der Waals surface area contributed by atoms with Crippen LogP contribution in [-0.2, 0) is 10.8 Å². The van der Waals surface area contributed by atoms with E-state index >= 15 is 0 Å². The predicted octanol–water partition coefficient (Wildman–Crippen LogP) is 5.92. The molecule has 35 heavy (non-hydrogen) atoms. The largest absolute Gasteiger partial charge is 0.338 e. The molecule has 2 aromatic heterocycles. The van der Waals surface area contributed by atoms with Crippen molar-refractivity contribution < 1.29 is 13.6 Å². The summed E-state index contributed by atoms with van der Waals surface area (Å²) in [7, 11) is 0. The van der Waals surface area contributed by atoms with Crippen LogP contribution in [0.5, 0.6) is 0 Å². The molecule has 0 aliphatic carbocycles. The van der Waals surface area contributed by atoms with Crippen molar-refractivity contribution in [3.8, 4) is 0 Å². The number of hydrogen-bond acceptors (Lipinski definition) is 4. The van der Waals surface area contributed by atoms with Crippen molar-refractivity contribution in [3.63, 3.8) is 0 Å². The molecule has 0 saturated carbocycles. The van der Waals surface area contributed by atoms with Crippen molar-refractivity contribution in [1.82, 2.24) is 24.5 Å². The molecule has 1 aromatic carbocycles. The molecule has 0 N–H and O–H groups in total. The van der Waals surface area contributed by atoms with Crippen LogP contribution in [0.1, 0.15) is 100 Å². The molecule has 3 heterocycles. The summed E-state index contributed by atoms with van der Waals surface area (Å²) in [6.07, 6.45) is -0.615. The summed E-state index contributed by atoms with van der Waals surface area (Å²) >= 11 is 0. The van der Waals surface area contributed by atoms with Gasteiger partial charge in [-0.25, -0.2) is 18.3 Å². The Morgan fingerprint density at radius 3 is 2.23 bits per heavy atom. The average Bonchev–Trinajstić information content (AvgIpc) is 3.25. The molecule has 1 fully saturated rings. The lowest BCUT2D eigenvalue weighted by atomic mass is 9.79. The van der Waals surface area contributed by atoms with Gasteiger partial charge >= 0.3 is 0 Å². The Morgan fingerprint density at radius 1 is 1.03 bits per heavy atom. The van der Waals surface area contributed by atoms with Crippen molar-refractivity contribution in [1.29, 1.82) is 0 Å². The van der Waals surface area contributed by atoms with E-state index in [1.165, 1.54) is 16.9 Å². The van der Waals surface area contributed by atoms with Crippen LogP contribution >= 0.6 is 0 Å². The monoisotopic (exact) mass is 483 g/mol. The molecular formula is C27H35F2N5O. The van der Waals surface area contributed by atoms with Crippen molar-refractivity contribution in [2.75, 3.05) is 13.1 Å². The number of carbonyl (C=O) groups is 1. The van der Waals surface area contributed by atoms with E-state index in [0.29, 0.717) is 24.3 Å². The first-order chi connectivity index (χ1) is 16.3. The fraction of sp³-hybridized carbons (Fsp3) is 0.556. The smallest absolute Gasteiger partial charge is 0.280 e. The van der Waals surface area contributed by atoms with Crippen LogP contribution in [0.25, 0.3) is 5.78 Å². The van der Waals surface area contributed by atoms with Crippen molar-refractivity contribution in [2.24, 2.45) is 5.92 Å². The van der Waals surface area contributed by atoms with E-state index in [1.807, 2.05) is 17.0 Å². The summed E-state index contributed by atoms with van der Waals surface area (Å²) in [5.41, 5.74) is 3.01. The lowest BCUT2D eigenvalue weighted by Gasteiger charge is -2.37. The lowest BCUT2D eigenvalue weighted by Crippen LogP contribution is -2.43. The van der Waals surface area contributed by atoms with Gasteiger partial charge in [0.2, 0.25) is 0 Å². The highest BCUT2D eigenvalue weighted by atomic mass is 19.3. The first kappa shape index (κ1) is 25.2. The number of fused-ring (bicyclic) bond motifs is 1. The van der Waals surface area contributed by atoms with Gasteiger partial charge in [0.1, 0.15) is 12.0 Å². The van der Waals surface area contributed by atoms with Crippen LogP contribution in [0.3, 0.4) is 0 Å². The van der Waals surface area contributed by atoms with Crippen LogP contribution < -0.4 is 0 Å². The second kappa shape index (κ2) is 8.95. The Kier molecular flexibility index (Phi) is 6.45. The number of aromatic nitrogens is 4. The quantitative estimate of drug-likeness (QED) is 0.464. The molecule has 1 aliphatic heterocycles. The molecule has 1 amide bonds. The first-order valence-corrected chi connectivity index (χ1v) is 12.2. The number of halogens is 2. The van der Waals surface area contributed by atoms with Crippen LogP contribution in [-0.4, -0.2) is 43.5 Å². The number of piperidine rings is 1. The van der Waals surface area contributed by atoms with Gasteiger partial charge in [-0.05, 0) is 52.5 Å². The van der Waals surface area contributed by atoms with E-state index in [2.05, 4.69) is 69.6 Å². The maximum absolute atomic E-state index is 13.8. The lowest BCUT2D eigenvalue weighted by molar-refractivity contribution is 0.0665. The molecule has 0 unspecified atom stereocenters. The Balaban J connectivity index is 1.71. The molecule has 3 aromatic rings. The number of hydrogen-bond donors (Lipinski definition) is 0. The van der Waals surface area contributed by atoms with Gasteiger partial charge in [0.25, 0.3) is 18.1 Å². The van der Waals surface area contributed by atoms with Crippen molar-refractivity contribution in [3.05, 3.63) is 58.7 Å². The highest BCUT2D eigenvalue weighted by molar-refractivity contribution is 5.95. The van der Waals surface area contributed by atoms with Crippen LogP contribution in [0.15, 0.2) is 30.6 Å². The molecular weight excluding hydrogens is 448 g/mol. The number of amides is 1. The summed E-state index contributed by atoms with van der Waals surface area (Å²) in [4.78, 5) is 23.6. The fourth-order valence-electron chi connectivity index (χ4n) is 4.67. The third-order valence-corrected chi connectivity index (χ3v) is 7.06. The fourth-order valence-corrected chi connectivity index (χ4v) is 4.67. The minimum Gasteiger partial charge on any atom is -0.338 e. The Bertz CT molecular complexity index is 1210. The summed E-state index contributed by atoms with van der Waals surface area (Å²) in [6, 6.07) is 7.62. The van der Waals surface area contributed by atoms with Gasteiger partial charge < -0.3 is 4.90 Å². The van der Waals surface area contributed by atoms with Crippen LogP contribution in [0.2, 0.25) is 0 Å². The van der Waals surface area contributed by atoms with Crippen LogP contribution in [0, 0.1) is 5.92 Å². The minimum atomic E-state index is -2.71. The number of benzene rings is 1. The molecule has 188 valence electrons. The molecule has 0 radical (unpaired) electrons. The van der Waals surface area contributed by atoms with Gasteiger partial charge in [0.15, 0.2) is 0 Å². The molecule has 1 aliphatic rings. The van der Waals surface area contributed by atoms with Crippen molar-refractivity contribution in [2.45, 2.75) is 78.1 Å². The number of rotatable bonds is 3. The summed E-state index contributed by atoms with van der Waals surface area (Å²) < 4.78 is 28.6. The number of nitrogens with zero attached hydrogens (tertiary/aromatic N) is 5. The Morgan fingerprint density at radius 2 is 1.66 bits per heavy atom. The second-order valence-electron chi connectivity index (χ2n) is 11.8. The van der Waals surface area contributed by atoms with E-state index in [4.69, 9.17) is 0 Å². The molecule has 2 atom stereocenters. The standard InChI is InChI=1S/C27H35F2N5O/c1-16-8-9-33(14-20(16)22-13-21(23(28)29)32-25-30-15-31-34(22)25)24(35)17-10-18(26(2,3)4)12-19(11-17)27(5,6)7/h10-13,15-16,20,23H,8-9,14H2,1-7H3/t16-,20-/m1/s1. The molecule has 4 rings (SSSR count).